The number of rotatable bonds is 5. The maximum Gasteiger partial charge on any atom is -0.0172 e. The van der Waals surface area contributed by atoms with Crippen molar-refractivity contribution < 1.29 is 0 Å². The molecule has 0 aromatic carbocycles. The van der Waals surface area contributed by atoms with E-state index in [-0.39, 0.29) is 0 Å². The monoisotopic (exact) mass is 342 g/mol. The van der Waals surface area contributed by atoms with Crippen LogP contribution in [-0.2, 0) is 0 Å². The highest BCUT2D eigenvalue weighted by atomic mass is 14.5. The second kappa shape index (κ2) is 7.77. The average Bonchev–Trinajstić information content (AvgIpc) is 3.05. The van der Waals surface area contributed by atoms with Gasteiger partial charge < -0.3 is 0 Å². The Labute approximate surface area is 157 Å². The number of hydrogen-bond donors (Lipinski definition) is 0. The third kappa shape index (κ3) is 3.61. The van der Waals surface area contributed by atoms with E-state index in [9.17, 15) is 0 Å². The Bertz CT molecular complexity index is 472. The molecule has 3 saturated carbocycles. The van der Waals surface area contributed by atoms with Gasteiger partial charge >= 0.3 is 0 Å². The van der Waals surface area contributed by atoms with Crippen LogP contribution in [0.15, 0.2) is 11.6 Å². The van der Waals surface area contributed by atoms with Gasteiger partial charge in [-0.1, -0.05) is 58.1 Å². The van der Waals surface area contributed by atoms with Crippen molar-refractivity contribution in [2.24, 2.45) is 47.3 Å². The lowest BCUT2D eigenvalue weighted by atomic mass is 9.56. The first kappa shape index (κ1) is 18.1. The summed E-state index contributed by atoms with van der Waals surface area (Å²) in [5.74, 6) is 8.28. The maximum atomic E-state index is 2.73. The highest BCUT2D eigenvalue weighted by Crippen LogP contribution is 2.59. The quantitative estimate of drug-likeness (QED) is 0.450. The van der Waals surface area contributed by atoms with E-state index in [2.05, 4.69) is 26.8 Å². The zero-order chi connectivity index (χ0) is 17.4. The molecule has 0 spiro atoms. The average molecular weight is 343 g/mol. The molecule has 0 aliphatic heterocycles. The molecule has 0 amide bonds. The van der Waals surface area contributed by atoms with Crippen LogP contribution in [0.25, 0.3) is 0 Å². The topological polar surface area (TPSA) is 0 Å². The van der Waals surface area contributed by atoms with Crippen LogP contribution in [0.2, 0.25) is 0 Å². The molecule has 0 aromatic heterocycles. The lowest BCUT2D eigenvalue weighted by Crippen LogP contribution is -2.41. The molecule has 3 fully saturated rings. The van der Waals surface area contributed by atoms with Gasteiger partial charge in [-0.25, -0.2) is 0 Å². The van der Waals surface area contributed by atoms with Crippen molar-refractivity contribution in [1.29, 1.82) is 0 Å². The Morgan fingerprint density at radius 1 is 0.840 bits per heavy atom. The SMILES string of the molecule is CC(C)CCCC(C)C1CCC2C1CCC1C3CCCCC3=CCC12. The van der Waals surface area contributed by atoms with Gasteiger partial charge in [0, 0.05) is 0 Å². The van der Waals surface area contributed by atoms with Crippen molar-refractivity contribution >= 4 is 0 Å². The lowest BCUT2D eigenvalue weighted by molar-refractivity contribution is 0.0417. The largest absolute Gasteiger partial charge is 0.0847 e. The summed E-state index contributed by atoms with van der Waals surface area (Å²) in [6, 6.07) is 0. The highest BCUT2D eigenvalue weighted by Gasteiger charge is 2.50. The van der Waals surface area contributed by atoms with Gasteiger partial charge in [-0.05, 0) is 98.7 Å². The third-order valence-electron chi connectivity index (χ3n) is 8.91. The molecule has 25 heavy (non-hydrogen) atoms. The minimum atomic E-state index is 0.887. The standard InChI is InChI=1S/C25H42/c1-17(2)7-6-8-18(3)20-13-14-25-22(20)15-16-23-21-10-5-4-9-19(21)11-12-24(23)25/h11,17-18,20-25H,4-10,12-16H2,1-3H3. The van der Waals surface area contributed by atoms with Gasteiger partial charge in [0.15, 0.2) is 0 Å². The molecule has 0 heterocycles. The van der Waals surface area contributed by atoms with Gasteiger partial charge in [0.2, 0.25) is 0 Å². The van der Waals surface area contributed by atoms with Crippen LogP contribution in [0.5, 0.6) is 0 Å². The summed E-state index contributed by atoms with van der Waals surface area (Å²) in [7, 11) is 0. The molecule has 4 aliphatic carbocycles. The summed E-state index contributed by atoms with van der Waals surface area (Å²) >= 11 is 0. The smallest absolute Gasteiger partial charge is 0.0172 e. The van der Waals surface area contributed by atoms with Crippen molar-refractivity contribution in [2.45, 2.75) is 97.8 Å². The van der Waals surface area contributed by atoms with Crippen molar-refractivity contribution in [3.8, 4) is 0 Å². The van der Waals surface area contributed by atoms with E-state index in [4.69, 9.17) is 0 Å². The fraction of sp³-hybridized carbons (Fsp3) is 0.920. The molecule has 0 saturated heterocycles. The van der Waals surface area contributed by atoms with Crippen molar-refractivity contribution in [3.05, 3.63) is 11.6 Å². The predicted octanol–water partition coefficient (Wildman–Crippen LogP) is 7.64. The first-order valence-electron chi connectivity index (χ1n) is 11.8. The van der Waals surface area contributed by atoms with Crippen LogP contribution in [0.4, 0.5) is 0 Å². The van der Waals surface area contributed by atoms with E-state index in [0.29, 0.717) is 0 Å². The first-order chi connectivity index (χ1) is 12.1. The third-order valence-corrected chi connectivity index (χ3v) is 8.91. The van der Waals surface area contributed by atoms with Gasteiger partial charge in [0.25, 0.3) is 0 Å². The Balaban J connectivity index is 1.39. The van der Waals surface area contributed by atoms with E-state index < -0.39 is 0 Å². The minimum absolute atomic E-state index is 0.887. The van der Waals surface area contributed by atoms with Gasteiger partial charge in [-0.15, -0.1) is 0 Å². The van der Waals surface area contributed by atoms with Crippen LogP contribution >= 0.6 is 0 Å². The Hall–Kier alpha value is -0.260. The molecule has 0 radical (unpaired) electrons. The molecular formula is C25H42. The Morgan fingerprint density at radius 3 is 2.48 bits per heavy atom. The van der Waals surface area contributed by atoms with Crippen LogP contribution in [0.1, 0.15) is 97.8 Å². The summed E-state index contributed by atoms with van der Waals surface area (Å²) in [6.45, 7) is 7.36. The molecule has 4 rings (SSSR count). The zero-order valence-electron chi connectivity index (χ0n) is 17.2. The van der Waals surface area contributed by atoms with Gasteiger partial charge in [0.1, 0.15) is 0 Å². The molecule has 7 atom stereocenters. The maximum absolute atomic E-state index is 2.73. The normalized spacial score (nSPS) is 41.7. The summed E-state index contributed by atoms with van der Waals surface area (Å²) in [5.41, 5.74) is 1.89. The molecule has 0 bridgehead atoms. The van der Waals surface area contributed by atoms with Crippen LogP contribution < -0.4 is 0 Å². The van der Waals surface area contributed by atoms with E-state index in [0.717, 1.165) is 47.3 Å². The molecule has 4 aliphatic rings. The zero-order valence-corrected chi connectivity index (χ0v) is 17.2. The minimum Gasteiger partial charge on any atom is -0.0847 e. The van der Waals surface area contributed by atoms with Crippen molar-refractivity contribution in [3.63, 3.8) is 0 Å². The van der Waals surface area contributed by atoms with Gasteiger partial charge in [0.05, 0.1) is 0 Å². The number of hydrogen-bond acceptors (Lipinski definition) is 0. The fourth-order valence-corrected chi connectivity index (χ4v) is 7.72. The van der Waals surface area contributed by atoms with E-state index >= 15 is 0 Å². The number of fused-ring (bicyclic) bond motifs is 5. The van der Waals surface area contributed by atoms with Gasteiger partial charge in [-0.3, -0.25) is 0 Å². The molecule has 7 unspecified atom stereocenters. The second-order valence-electron chi connectivity index (χ2n) is 10.6. The van der Waals surface area contributed by atoms with E-state index in [1.165, 1.54) is 51.4 Å². The molecule has 0 heteroatoms. The molecule has 0 nitrogen and oxygen atoms in total. The number of allylic oxidation sites excluding steroid dienone is 2. The highest BCUT2D eigenvalue weighted by molar-refractivity contribution is 5.17. The van der Waals surface area contributed by atoms with Crippen molar-refractivity contribution in [1.82, 2.24) is 0 Å². The van der Waals surface area contributed by atoms with E-state index in [1.807, 2.05) is 5.57 Å². The van der Waals surface area contributed by atoms with E-state index in [1.54, 1.807) is 25.7 Å². The van der Waals surface area contributed by atoms with Crippen LogP contribution in [0.3, 0.4) is 0 Å². The van der Waals surface area contributed by atoms with Gasteiger partial charge in [-0.2, -0.15) is 0 Å². The fourth-order valence-electron chi connectivity index (χ4n) is 7.72. The molecule has 0 aromatic rings. The Morgan fingerprint density at radius 2 is 1.64 bits per heavy atom. The first-order valence-corrected chi connectivity index (χ1v) is 11.8. The van der Waals surface area contributed by atoms with Crippen molar-refractivity contribution in [2.75, 3.05) is 0 Å². The molecule has 142 valence electrons. The lowest BCUT2D eigenvalue weighted by Gasteiger charge is -2.49. The summed E-state index contributed by atoms with van der Waals surface area (Å²) in [4.78, 5) is 0. The summed E-state index contributed by atoms with van der Waals surface area (Å²) in [6.07, 6.45) is 20.8. The Kier molecular flexibility index (Phi) is 5.63. The summed E-state index contributed by atoms with van der Waals surface area (Å²) in [5, 5.41) is 0. The van der Waals surface area contributed by atoms with Crippen LogP contribution in [0, 0.1) is 47.3 Å². The molecule has 0 N–H and O–H groups in total. The second-order valence-corrected chi connectivity index (χ2v) is 10.6. The summed E-state index contributed by atoms with van der Waals surface area (Å²) < 4.78 is 0. The predicted molar refractivity (Wildman–Crippen MR) is 108 cm³/mol. The van der Waals surface area contributed by atoms with Crippen LogP contribution in [-0.4, -0.2) is 0 Å². The molecular weight excluding hydrogens is 300 g/mol.